The molecule has 1 aromatic heterocycles. The van der Waals surface area contributed by atoms with E-state index in [0.29, 0.717) is 40.2 Å². The monoisotopic (exact) mass is 474 g/mol. The lowest BCUT2D eigenvalue weighted by Crippen LogP contribution is -2.21. The summed E-state index contributed by atoms with van der Waals surface area (Å²) in [5.74, 6) is -2.76. The number of aromatic amines is 1. The molecular weight excluding hydrogens is 459 g/mol. The van der Waals surface area contributed by atoms with E-state index in [4.69, 9.17) is 5.73 Å². The summed E-state index contributed by atoms with van der Waals surface area (Å²) in [6.07, 6.45) is -4.74. The van der Waals surface area contributed by atoms with Crippen LogP contribution in [-0.2, 0) is 6.18 Å². The number of H-pyrrole nitrogens is 1. The maximum Gasteiger partial charge on any atom is 0.416 e. The molecule has 0 saturated heterocycles. The zero-order chi connectivity index (χ0) is 24.6. The van der Waals surface area contributed by atoms with Gasteiger partial charge >= 0.3 is 12.2 Å². The van der Waals surface area contributed by atoms with Gasteiger partial charge in [0, 0.05) is 16.5 Å². The zero-order valence-electron chi connectivity index (χ0n) is 17.1. The van der Waals surface area contributed by atoms with Crippen molar-refractivity contribution in [2.24, 2.45) is 5.73 Å². The molecule has 5 N–H and O–H groups in total. The second-order valence-electron chi connectivity index (χ2n) is 7.25. The topological polar surface area (TPSA) is 100 Å². The Balaban J connectivity index is 1.60. The van der Waals surface area contributed by atoms with Crippen LogP contribution in [0.1, 0.15) is 16.1 Å². The number of benzene rings is 3. The molecule has 4 rings (SSSR count). The third kappa shape index (κ3) is 4.40. The number of anilines is 2. The molecule has 0 aliphatic carbocycles. The van der Waals surface area contributed by atoms with Crippen molar-refractivity contribution in [3.8, 4) is 11.1 Å². The van der Waals surface area contributed by atoms with Crippen LogP contribution in [0.15, 0.2) is 60.7 Å². The molecule has 174 valence electrons. The second-order valence-corrected chi connectivity index (χ2v) is 7.25. The van der Waals surface area contributed by atoms with Gasteiger partial charge in [0.05, 0.1) is 16.9 Å². The summed E-state index contributed by atoms with van der Waals surface area (Å²) in [7, 11) is 0. The van der Waals surface area contributed by atoms with Gasteiger partial charge in [0.25, 0.3) is 5.91 Å². The highest BCUT2D eigenvalue weighted by molar-refractivity contribution is 6.09. The maximum absolute atomic E-state index is 14.8. The first-order valence-corrected chi connectivity index (χ1v) is 9.70. The van der Waals surface area contributed by atoms with Gasteiger partial charge < -0.3 is 21.4 Å². The van der Waals surface area contributed by atoms with Gasteiger partial charge in [-0.3, -0.25) is 4.79 Å². The van der Waals surface area contributed by atoms with Gasteiger partial charge in [-0.05, 0) is 42.0 Å². The molecule has 11 heteroatoms. The van der Waals surface area contributed by atoms with Crippen LogP contribution in [0.4, 0.5) is 38.1 Å². The number of para-hydroxylation sites is 1. The number of carbonyl (C=O) groups excluding carboxylic acids is 2. The van der Waals surface area contributed by atoms with Crippen molar-refractivity contribution in [3.63, 3.8) is 0 Å². The number of aromatic nitrogens is 1. The van der Waals surface area contributed by atoms with Crippen LogP contribution in [0.3, 0.4) is 0 Å². The molecule has 0 radical (unpaired) electrons. The van der Waals surface area contributed by atoms with Gasteiger partial charge in [0.1, 0.15) is 17.3 Å². The Kier molecular flexibility index (Phi) is 5.70. The SMILES string of the molecule is NC(=O)c1[nH]c2ccccc2c1-c1ccc(NC(=O)Nc2cc(C(F)(F)F)ccc2F)c(F)c1. The Morgan fingerprint density at radius 1 is 0.853 bits per heavy atom. The molecule has 0 saturated carbocycles. The van der Waals surface area contributed by atoms with Crippen LogP contribution in [0, 0.1) is 11.6 Å². The number of rotatable bonds is 4. The highest BCUT2D eigenvalue weighted by atomic mass is 19.4. The summed E-state index contributed by atoms with van der Waals surface area (Å²) in [5, 5.41) is 4.67. The minimum atomic E-state index is -4.74. The Morgan fingerprint density at radius 3 is 2.24 bits per heavy atom. The largest absolute Gasteiger partial charge is 0.416 e. The van der Waals surface area contributed by atoms with Crippen molar-refractivity contribution >= 4 is 34.2 Å². The van der Waals surface area contributed by atoms with Crippen LogP contribution in [0.2, 0.25) is 0 Å². The highest BCUT2D eigenvalue weighted by Gasteiger charge is 2.31. The van der Waals surface area contributed by atoms with Gasteiger partial charge in [-0.15, -0.1) is 0 Å². The average molecular weight is 474 g/mol. The van der Waals surface area contributed by atoms with E-state index in [1.165, 1.54) is 12.1 Å². The van der Waals surface area contributed by atoms with E-state index in [1.807, 2.05) is 5.32 Å². The average Bonchev–Trinajstić information content (AvgIpc) is 3.16. The number of urea groups is 1. The van der Waals surface area contributed by atoms with Crippen LogP contribution in [0.5, 0.6) is 0 Å². The summed E-state index contributed by atoms with van der Waals surface area (Å²) in [6, 6.07) is 10.9. The van der Waals surface area contributed by atoms with E-state index in [2.05, 4.69) is 10.3 Å². The van der Waals surface area contributed by atoms with Crippen molar-refractivity contribution < 1.29 is 31.5 Å². The molecule has 0 aliphatic heterocycles. The van der Waals surface area contributed by atoms with Crippen molar-refractivity contribution in [3.05, 3.63) is 83.6 Å². The number of nitrogens with two attached hydrogens (primary N) is 1. The first-order valence-electron chi connectivity index (χ1n) is 9.70. The summed E-state index contributed by atoms with van der Waals surface area (Å²) in [4.78, 5) is 26.9. The fourth-order valence-electron chi connectivity index (χ4n) is 3.47. The van der Waals surface area contributed by atoms with Crippen molar-refractivity contribution in [1.82, 2.24) is 4.98 Å². The molecule has 3 amide bonds. The number of amides is 3. The predicted octanol–water partition coefficient (Wildman–Crippen LogP) is 5.87. The number of fused-ring (bicyclic) bond motifs is 1. The lowest BCUT2D eigenvalue weighted by molar-refractivity contribution is -0.137. The number of alkyl halides is 3. The maximum atomic E-state index is 14.8. The number of carbonyl (C=O) groups is 2. The molecule has 0 bridgehead atoms. The Bertz CT molecular complexity index is 1430. The highest BCUT2D eigenvalue weighted by Crippen LogP contribution is 2.34. The zero-order valence-corrected chi connectivity index (χ0v) is 17.1. The number of hydrogen-bond acceptors (Lipinski definition) is 2. The van der Waals surface area contributed by atoms with Crippen LogP contribution in [-0.4, -0.2) is 16.9 Å². The fourth-order valence-corrected chi connectivity index (χ4v) is 3.47. The van der Waals surface area contributed by atoms with E-state index in [0.717, 1.165) is 6.07 Å². The molecule has 6 nitrogen and oxygen atoms in total. The van der Waals surface area contributed by atoms with Crippen molar-refractivity contribution in [1.29, 1.82) is 0 Å². The lowest BCUT2D eigenvalue weighted by atomic mass is 10.0. The number of halogens is 5. The van der Waals surface area contributed by atoms with Crippen molar-refractivity contribution in [2.45, 2.75) is 6.18 Å². The van der Waals surface area contributed by atoms with E-state index < -0.39 is 41.0 Å². The number of hydrogen-bond donors (Lipinski definition) is 4. The minimum Gasteiger partial charge on any atom is -0.364 e. The molecule has 34 heavy (non-hydrogen) atoms. The standard InChI is InChI=1S/C23H15F5N4O2/c24-14-7-6-12(23(26,27)28)10-18(14)32-22(34)31-17-8-5-11(9-15(17)25)19-13-3-1-2-4-16(13)30-20(19)21(29)33/h1-10,30H,(H2,29,33)(H2,31,32,34). The first-order chi connectivity index (χ1) is 16.0. The van der Waals surface area contributed by atoms with E-state index >= 15 is 0 Å². The molecule has 1 heterocycles. The first kappa shape index (κ1) is 22.8. The molecule has 3 aromatic carbocycles. The molecule has 0 spiro atoms. The van der Waals surface area contributed by atoms with Gasteiger partial charge in [0.2, 0.25) is 0 Å². The molecular formula is C23H15F5N4O2. The van der Waals surface area contributed by atoms with Crippen LogP contribution < -0.4 is 16.4 Å². The predicted molar refractivity (Wildman–Crippen MR) is 116 cm³/mol. The van der Waals surface area contributed by atoms with Crippen LogP contribution in [0.25, 0.3) is 22.0 Å². The molecule has 0 aliphatic rings. The number of primary amides is 1. The molecule has 0 atom stereocenters. The Labute approximate surface area is 188 Å². The van der Waals surface area contributed by atoms with Crippen LogP contribution >= 0.6 is 0 Å². The normalized spacial score (nSPS) is 11.4. The molecule has 4 aromatic rings. The van der Waals surface area contributed by atoms with E-state index in [9.17, 15) is 31.5 Å². The van der Waals surface area contributed by atoms with E-state index in [1.54, 1.807) is 24.3 Å². The third-order valence-corrected chi connectivity index (χ3v) is 5.00. The summed E-state index contributed by atoms with van der Waals surface area (Å²) >= 11 is 0. The Morgan fingerprint density at radius 2 is 1.56 bits per heavy atom. The third-order valence-electron chi connectivity index (χ3n) is 5.00. The van der Waals surface area contributed by atoms with Gasteiger partial charge in [-0.25, -0.2) is 13.6 Å². The number of nitrogens with one attached hydrogen (secondary N) is 3. The summed E-state index contributed by atoms with van der Waals surface area (Å²) in [6.45, 7) is 0. The summed E-state index contributed by atoms with van der Waals surface area (Å²) < 4.78 is 67.1. The molecule has 0 fully saturated rings. The van der Waals surface area contributed by atoms with Crippen molar-refractivity contribution in [2.75, 3.05) is 10.6 Å². The minimum absolute atomic E-state index is 0.0686. The molecule has 0 unspecified atom stereocenters. The van der Waals surface area contributed by atoms with Gasteiger partial charge in [-0.2, -0.15) is 13.2 Å². The van der Waals surface area contributed by atoms with E-state index in [-0.39, 0.29) is 11.4 Å². The van der Waals surface area contributed by atoms with Gasteiger partial charge in [-0.1, -0.05) is 24.3 Å². The fraction of sp³-hybridized carbons (Fsp3) is 0.0435. The second kappa shape index (κ2) is 8.50. The van der Waals surface area contributed by atoms with Gasteiger partial charge in [0.15, 0.2) is 0 Å². The smallest absolute Gasteiger partial charge is 0.364 e. The quantitative estimate of drug-likeness (QED) is 0.278. The Hall–Kier alpha value is -4.41. The summed E-state index contributed by atoms with van der Waals surface area (Å²) in [5.41, 5.74) is 4.56. The lowest BCUT2D eigenvalue weighted by Gasteiger charge is -2.12.